The number of likely N-dealkylation sites (tertiary alicyclic amines) is 1. The Kier molecular flexibility index (Phi) is 4.87. The van der Waals surface area contributed by atoms with Gasteiger partial charge in [-0.15, -0.1) is 0 Å². The van der Waals surface area contributed by atoms with Gasteiger partial charge in [-0.05, 0) is 42.5 Å². The van der Waals surface area contributed by atoms with Gasteiger partial charge >= 0.3 is 0 Å². The minimum absolute atomic E-state index is 0.0932. The van der Waals surface area contributed by atoms with Crippen LogP contribution in [-0.4, -0.2) is 42.2 Å². The van der Waals surface area contributed by atoms with E-state index in [-0.39, 0.29) is 17.4 Å². The van der Waals surface area contributed by atoms with E-state index in [0.29, 0.717) is 32.0 Å². The molecule has 2 aromatic rings. The lowest BCUT2D eigenvalue weighted by molar-refractivity contribution is -0.134. The summed E-state index contributed by atoms with van der Waals surface area (Å²) < 4.78 is 7.00. The van der Waals surface area contributed by atoms with Gasteiger partial charge in [-0.1, -0.05) is 24.3 Å². The molecule has 1 aromatic heterocycles. The van der Waals surface area contributed by atoms with Crippen LogP contribution in [0.5, 0.6) is 0 Å². The largest absolute Gasteiger partial charge is 0.384 e. The van der Waals surface area contributed by atoms with Crippen molar-refractivity contribution in [1.82, 2.24) is 9.47 Å². The Bertz CT molecular complexity index is 918. The van der Waals surface area contributed by atoms with E-state index in [1.54, 1.807) is 7.11 Å². The van der Waals surface area contributed by atoms with Crippen molar-refractivity contribution in [3.05, 3.63) is 58.0 Å². The van der Waals surface area contributed by atoms with Crippen LogP contribution in [0.2, 0.25) is 0 Å². The molecule has 142 valence electrons. The number of methoxy groups -OCH3 is 1. The first-order valence-corrected chi connectivity index (χ1v) is 9.65. The number of hydrogen-bond donors (Lipinski definition) is 0. The van der Waals surface area contributed by atoms with Crippen molar-refractivity contribution in [2.75, 3.05) is 26.8 Å². The fourth-order valence-electron chi connectivity index (χ4n) is 4.58. The summed E-state index contributed by atoms with van der Waals surface area (Å²) in [6.45, 7) is 4.62. The Morgan fingerprint density at radius 1 is 1.11 bits per heavy atom. The molecule has 2 atom stereocenters. The predicted molar refractivity (Wildman–Crippen MR) is 105 cm³/mol. The van der Waals surface area contributed by atoms with Gasteiger partial charge in [-0.25, -0.2) is 0 Å². The second kappa shape index (κ2) is 7.31. The lowest BCUT2D eigenvalue weighted by atomic mass is 9.82. The topological polar surface area (TPSA) is 51.5 Å². The molecule has 0 spiro atoms. The van der Waals surface area contributed by atoms with Crippen molar-refractivity contribution in [3.63, 3.8) is 0 Å². The van der Waals surface area contributed by atoms with Crippen LogP contribution in [-0.2, 0) is 16.1 Å². The normalized spacial score (nSPS) is 21.0. The maximum atomic E-state index is 13.2. The van der Waals surface area contributed by atoms with Gasteiger partial charge < -0.3 is 14.2 Å². The molecule has 4 rings (SSSR count). The SMILES string of the molecule is COCCC(=O)N1C[C@H]2C[C@H](C1)c1ccc(-c3ccccc3C)c(=O)n1C2. The zero-order valence-electron chi connectivity index (χ0n) is 16.0. The molecule has 1 amide bonds. The number of fused-ring (bicyclic) bond motifs is 4. The summed E-state index contributed by atoms with van der Waals surface area (Å²) >= 11 is 0. The summed E-state index contributed by atoms with van der Waals surface area (Å²) in [6.07, 6.45) is 1.48. The fraction of sp³-hybridized carbons (Fsp3) is 0.455. The molecule has 0 unspecified atom stereocenters. The highest BCUT2D eigenvalue weighted by molar-refractivity contribution is 5.76. The molecule has 0 radical (unpaired) electrons. The minimum atomic E-state index is 0.0932. The molecule has 0 saturated carbocycles. The number of rotatable bonds is 4. The zero-order chi connectivity index (χ0) is 19.0. The molecule has 5 nitrogen and oxygen atoms in total. The zero-order valence-corrected chi connectivity index (χ0v) is 16.0. The molecule has 5 heteroatoms. The van der Waals surface area contributed by atoms with Gasteiger partial charge in [0.2, 0.25) is 5.91 Å². The molecule has 1 saturated heterocycles. The first kappa shape index (κ1) is 18.0. The quantitative estimate of drug-likeness (QED) is 0.836. The third kappa shape index (κ3) is 3.32. The van der Waals surface area contributed by atoms with Crippen LogP contribution in [0.15, 0.2) is 41.2 Å². The van der Waals surface area contributed by atoms with Gasteiger partial charge in [-0.3, -0.25) is 9.59 Å². The maximum absolute atomic E-state index is 13.2. The van der Waals surface area contributed by atoms with Crippen LogP contribution in [0.25, 0.3) is 11.1 Å². The lowest BCUT2D eigenvalue weighted by Crippen LogP contribution is -2.49. The molecule has 2 bridgehead atoms. The van der Waals surface area contributed by atoms with Crippen molar-refractivity contribution in [2.24, 2.45) is 5.92 Å². The predicted octanol–water partition coefficient (Wildman–Crippen LogP) is 2.81. The summed E-state index contributed by atoms with van der Waals surface area (Å²) in [6, 6.07) is 12.1. The molecule has 1 aromatic carbocycles. The van der Waals surface area contributed by atoms with E-state index in [1.807, 2.05) is 46.7 Å². The second-order valence-corrected chi connectivity index (χ2v) is 7.74. The van der Waals surface area contributed by atoms with Crippen LogP contribution >= 0.6 is 0 Å². The Balaban J connectivity index is 1.65. The van der Waals surface area contributed by atoms with Gasteiger partial charge in [0.25, 0.3) is 5.56 Å². The summed E-state index contributed by atoms with van der Waals surface area (Å²) in [5.41, 5.74) is 4.05. The van der Waals surface area contributed by atoms with Gasteiger partial charge in [0.15, 0.2) is 0 Å². The molecule has 2 aliphatic heterocycles. The number of aromatic nitrogens is 1. The minimum Gasteiger partial charge on any atom is -0.384 e. The van der Waals surface area contributed by atoms with E-state index < -0.39 is 0 Å². The third-order valence-corrected chi connectivity index (χ3v) is 5.91. The number of benzene rings is 1. The summed E-state index contributed by atoms with van der Waals surface area (Å²) in [4.78, 5) is 27.6. The Morgan fingerprint density at radius 2 is 1.93 bits per heavy atom. The first-order valence-electron chi connectivity index (χ1n) is 9.65. The average molecular weight is 366 g/mol. The maximum Gasteiger partial charge on any atom is 0.258 e. The molecular formula is C22H26N2O3. The number of carbonyl (C=O) groups excluding carboxylic acids is 1. The Morgan fingerprint density at radius 3 is 2.70 bits per heavy atom. The summed E-state index contributed by atoms with van der Waals surface area (Å²) in [7, 11) is 1.62. The Hall–Kier alpha value is -2.40. The van der Waals surface area contributed by atoms with E-state index >= 15 is 0 Å². The number of ether oxygens (including phenoxy) is 1. The monoisotopic (exact) mass is 366 g/mol. The summed E-state index contributed by atoms with van der Waals surface area (Å²) in [5, 5.41) is 0. The number of hydrogen-bond acceptors (Lipinski definition) is 3. The molecule has 1 fully saturated rings. The van der Waals surface area contributed by atoms with Crippen LogP contribution in [0.3, 0.4) is 0 Å². The van der Waals surface area contributed by atoms with Gasteiger partial charge in [0.1, 0.15) is 0 Å². The summed E-state index contributed by atoms with van der Waals surface area (Å²) in [5.74, 6) is 0.731. The molecule has 2 aliphatic rings. The van der Waals surface area contributed by atoms with Gasteiger partial charge in [0.05, 0.1) is 13.0 Å². The van der Waals surface area contributed by atoms with E-state index in [4.69, 9.17) is 4.74 Å². The number of piperidine rings is 1. The number of amides is 1. The Labute approximate surface area is 159 Å². The molecular weight excluding hydrogens is 340 g/mol. The second-order valence-electron chi connectivity index (χ2n) is 7.74. The van der Waals surface area contributed by atoms with Gasteiger partial charge in [-0.2, -0.15) is 0 Å². The van der Waals surface area contributed by atoms with Crippen molar-refractivity contribution < 1.29 is 9.53 Å². The van der Waals surface area contributed by atoms with Crippen molar-refractivity contribution in [1.29, 1.82) is 0 Å². The fourth-order valence-corrected chi connectivity index (χ4v) is 4.58. The van der Waals surface area contributed by atoms with E-state index in [1.165, 1.54) is 0 Å². The highest BCUT2D eigenvalue weighted by Gasteiger charge is 2.36. The number of carbonyl (C=O) groups is 1. The van der Waals surface area contributed by atoms with Crippen molar-refractivity contribution in [2.45, 2.75) is 32.2 Å². The molecule has 3 heterocycles. The van der Waals surface area contributed by atoms with Gasteiger partial charge in [0, 0.05) is 43.9 Å². The van der Waals surface area contributed by atoms with Crippen molar-refractivity contribution in [3.8, 4) is 11.1 Å². The standard InChI is InChI=1S/C22H26N2O3/c1-15-5-3-4-6-18(15)19-7-8-20-17-11-16(13-24(20)22(19)26)12-23(14-17)21(25)9-10-27-2/h3-8,16-17H,9-14H2,1-2H3/t16-,17-/m1/s1. The van der Waals surface area contributed by atoms with E-state index in [9.17, 15) is 9.59 Å². The number of aryl methyl sites for hydroxylation is 1. The van der Waals surface area contributed by atoms with Crippen LogP contribution in [0.4, 0.5) is 0 Å². The number of nitrogens with zero attached hydrogens (tertiary/aromatic N) is 2. The molecule has 27 heavy (non-hydrogen) atoms. The lowest BCUT2D eigenvalue weighted by Gasteiger charge is -2.43. The molecule has 0 N–H and O–H groups in total. The first-order chi connectivity index (χ1) is 13.1. The number of pyridine rings is 1. The molecule has 0 aliphatic carbocycles. The smallest absolute Gasteiger partial charge is 0.258 e. The van der Waals surface area contributed by atoms with E-state index in [0.717, 1.165) is 35.3 Å². The highest BCUT2D eigenvalue weighted by atomic mass is 16.5. The highest BCUT2D eigenvalue weighted by Crippen LogP contribution is 2.36. The van der Waals surface area contributed by atoms with Crippen LogP contribution in [0, 0.1) is 12.8 Å². The average Bonchev–Trinajstić information content (AvgIpc) is 2.67. The van der Waals surface area contributed by atoms with Crippen LogP contribution < -0.4 is 5.56 Å². The van der Waals surface area contributed by atoms with E-state index in [2.05, 4.69) is 6.07 Å². The van der Waals surface area contributed by atoms with Crippen molar-refractivity contribution >= 4 is 5.91 Å². The van der Waals surface area contributed by atoms with Crippen LogP contribution in [0.1, 0.15) is 30.0 Å². The third-order valence-electron chi connectivity index (χ3n) is 5.91.